The van der Waals surface area contributed by atoms with Crippen molar-refractivity contribution >= 4 is 43.4 Å². The monoisotopic (exact) mass is 355 g/mol. The average Bonchev–Trinajstić information content (AvgIpc) is 2.30. The van der Waals surface area contributed by atoms with Crippen molar-refractivity contribution in [2.45, 2.75) is 6.42 Å². The minimum atomic E-state index is -3.56. The van der Waals surface area contributed by atoms with Crippen molar-refractivity contribution in [2.75, 3.05) is 24.9 Å². The van der Waals surface area contributed by atoms with Crippen LogP contribution in [0.25, 0.3) is 0 Å². The molecule has 0 aliphatic heterocycles. The first-order valence-electron chi connectivity index (χ1n) is 5.26. The van der Waals surface area contributed by atoms with E-state index >= 15 is 0 Å². The molecule has 0 aromatic heterocycles. The van der Waals surface area contributed by atoms with Crippen molar-refractivity contribution in [2.24, 2.45) is 5.73 Å². The topological polar surface area (TPSA) is 75.4 Å². The van der Waals surface area contributed by atoms with E-state index in [2.05, 4.69) is 20.7 Å². The molecule has 0 heterocycles. The van der Waals surface area contributed by atoms with Crippen molar-refractivity contribution in [3.63, 3.8) is 0 Å². The molecule has 0 radical (unpaired) electrons. The van der Waals surface area contributed by atoms with E-state index in [1.54, 1.807) is 18.2 Å². The molecule has 0 amide bonds. The van der Waals surface area contributed by atoms with Gasteiger partial charge < -0.3 is 5.73 Å². The largest absolute Gasteiger partial charge is 0.330 e. The lowest BCUT2D eigenvalue weighted by molar-refractivity contribution is 0.468. The van der Waals surface area contributed by atoms with Crippen molar-refractivity contribution in [1.82, 2.24) is 4.31 Å². The van der Waals surface area contributed by atoms with Gasteiger partial charge in [-0.3, -0.25) is 4.72 Å². The molecule has 0 saturated heterocycles. The van der Waals surface area contributed by atoms with Crippen LogP contribution >= 0.6 is 27.5 Å². The van der Waals surface area contributed by atoms with E-state index in [4.69, 9.17) is 17.3 Å². The Balaban J connectivity index is 2.78. The van der Waals surface area contributed by atoms with Gasteiger partial charge in [-0.1, -0.05) is 11.6 Å². The summed E-state index contributed by atoms with van der Waals surface area (Å²) in [6, 6.07) is 4.85. The Bertz CT molecular complexity index is 510. The van der Waals surface area contributed by atoms with Crippen molar-refractivity contribution in [1.29, 1.82) is 0 Å². The van der Waals surface area contributed by atoms with Crippen LogP contribution in [0.5, 0.6) is 0 Å². The summed E-state index contributed by atoms with van der Waals surface area (Å²) in [5.41, 5.74) is 5.76. The molecule has 102 valence electrons. The van der Waals surface area contributed by atoms with Gasteiger partial charge in [0.25, 0.3) is 0 Å². The Morgan fingerprint density at radius 2 is 2.17 bits per heavy atom. The molecule has 5 nitrogen and oxygen atoms in total. The number of nitrogens with zero attached hydrogens (tertiary/aromatic N) is 1. The van der Waals surface area contributed by atoms with Gasteiger partial charge in [-0.2, -0.15) is 12.7 Å². The minimum Gasteiger partial charge on any atom is -0.330 e. The molecule has 0 unspecified atom stereocenters. The molecular weight excluding hydrogens is 342 g/mol. The molecule has 8 heteroatoms. The molecule has 0 aliphatic carbocycles. The zero-order valence-electron chi connectivity index (χ0n) is 9.86. The van der Waals surface area contributed by atoms with Crippen LogP contribution in [0.4, 0.5) is 5.69 Å². The van der Waals surface area contributed by atoms with E-state index in [0.29, 0.717) is 34.7 Å². The van der Waals surface area contributed by atoms with Gasteiger partial charge in [0, 0.05) is 18.1 Å². The Kier molecular flexibility index (Phi) is 5.87. The molecule has 1 aromatic carbocycles. The fourth-order valence-corrected chi connectivity index (χ4v) is 2.60. The summed E-state index contributed by atoms with van der Waals surface area (Å²) in [5, 5.41) is 0.444. The van der Waals surface area contributed by atoms with Crippen LogP contribution in [0.15, 0.2) is 22.7 Å². The standard InChI is InChI=1S/C10H15BrClN3O2S/c1-15(6-2-5-13)18(16,17)14-8-3-4-9(11)10(12)7-8/h3-4,7,14H,2,5-6,13H2,1H3. The van der Waals surface area contributed by atoms with Crippen LogP contribution in [0.3, 0.4) is 0 Å². The SMILES string of the molecule is CN(CCCN)S(=O)(=O)Nc1ccc(Br)c(Cl)c1. The maximum absolute atomic E-state index is 11.9. The number of hydrogen-bond acceptors (Lipinski definition) is 3. The number of benzene rings is 1. The lowest BCUT2D eigenvalue weighted by atomic mass is 10.3. The van der Waals surface area contributed by atoms with Crippen LogP contribution in [0, 0.1) is 0 Å². The fraction of sp³-hybridized carbons (Fsp3) is 0.400. The molecule has 0 spiro atoms. The third-order valence-electron chi connectivity index (χ3n) is 2.25. The van der Waals surface area contributed by atoms with Crippen LogP contribution < -0.4 is 10.5 Å². The summed E-state index contributed by atoms with van der Waals surface area (Å²) in [6.07, 6.45) is 0.610. The molecule has 1 aromatic rings. The van der Waals surface area contributed by atoms with Gasteiger partial charge in [0.15, 0.2) is 0 Å². The van der Waals surface area contributed by atoms with Crippen LogP contribution in [0.2, 0.25) is 5.02 Å². The normalized spacial score (nSPS) is 11.8. The van der Waals surface area contributed by atoms with Gasteiger partial charge in [0.2, 0.25) is 0 Å². The minimum absolute atomic E-state index is 0.371. The van der Waals surface area contributed by atoms with Crippen LogP contribution in [0.1, 0.15) is 6.42 Å². The molecule has 0 fully saturated rings. The maximum Gasteiger partial charge on any atom is 0.301 e. The van der Waals surface area contributed by atoms with Gasteiger partial charge in [0.1, 0.15) is 0 Å². The second-order valence-corrected chi connectivity index (χ2v) is 6.74. The summed E-state index contributed by atoms with van der Waals surface area (Å²) in [6.45, 7) is 0.820. The van der Waals surface area contributed by atoms with E-state index in [1.807, 2.05) is 0 Å². The van der Waals surface area contributed by atoms with Crippen molar-refractivity contribution < 1.29 is 8.42 Å². The number of hydrogen-bond donors (Lipinski definition) is 2. The van der Waals surface area contributed by atoms with E-state index in [9.17, 15) is 8.42 Å². The average molecular weight is 357 g/mol. The summed E-state index contributed by atoms with van der Waals surface area (Å²) in [5.74, 6) is 0. The van der Waals surface area contributed by atoms with E-state index in [0.717, 1.165) is 0 Å². The number of rotatable bonds is 6. The van der Waals surface area contributed by atoms with E-state index in [1.165, 1.54) is 11.4 Å². The molecule has 3 N–H and O–H groups in total. The summed E-state index contributed by atoms with van der Waals surface area (Å²) >= 11 is 9.13. The van der Waals surface area contributed by atoms with Crippen molar-refractivity contribution in [3.05, 3.63) is 27.7 Å². The second-order valence-electron chi connectivity index (χ2n) is 3.70. The highest BCUT2D eigenvalue weighted by Crippen LogP contribution is 2.26. The number of anilines is 1. The highest BCUT2D eigenvalue weighted by molar-refractivity contribution is 9.10. The molecule has 0 atom stereocenters. The second kappa shape index (κ2) is 6.72. The Hall–Kier alpha value is -0.340. The predicted octanol–water partition coefficient (Wildman–Crippen LogP) is 2.04. The zero-order valence-corrected chi connectivity index (χ0v) is 13.0. The molecule has 0 saturated carbocycles. The van der Waals surface area contributed by atoms with Gasteiger partial charge in [-0.15, -0.1) is 0 Å². The van der Waals surface area contributed by atoms with Crippen LogP contribution in [-0.4, -0.2) is 32.9 Å². The Morgan fingerprint density at radius 3 is 2.72 bits per heavy atom. The highest BCUT2D eigenvalue weighted by Gasteiger charge is 2.17. The summed E-state index contributed by atoms with van der Waals surface area (Å²) in [7, 11) is -2.06. The first kappa shape index (κ1) is 15.7. The predicted molar refractivity (Wildman–Crippen MR) is 78.0 cm³/mol. The zero-order chi connectivity index (χ0) is 13.8. The number of nitrogens with one attached hydrogen (secondary N) is 1. The first-order valence-corrected chi connectivity index (χ1v) is 7.87. The van der Waals surface area contributed by atoms with E-state index < -0.39 is 10.2 Å². The number of halogens is 2. The van der Waals surface area contributed by atoms with Gasteiger partial charge in [-0.25, -0.2) is 0 Å². The number of nitrogens with two attached hydrogens (primary N) is 1. The lowest BCUT2D eigenvalue weighted by Crippen LogP contribution is -2.34. The third kappa shape index (κ3) is 4.40. The molecule has 1 rings (SSSR count). The highest BCUT2D eigenvalue weighted by atomic mass is 79.9. The first-order chi connectivity index (χ1) is 8.36. The van der Waals surface area contributed by atoms with Crippen LogP contribution in [-0.2, 0) is 10.2 Å². The molecular formula is C10H15BrClN3O2S. The van der Waals surface area contributed by atoms with Gasteiger partial charge in [0.05, 0.1) is 10.7 Å². The molecule has 0 bridgehead atoms. The lowest BCUT2D eigenvalue weighted by Gasteiger charge is -2.18. The summed E-state index contributed by atoms with van der Waals surface area (Å²) in [4.78, 5) is 0. The third-order valence-corrected chi connectivity index (χ3v) is 4.98. The fourth-order valence-electron chi connectivity index (χ4n) is 1.22. The molecule has 18 heavy (non-hydrogen) atoms. The van der Waals surface area contributed by atoms with E-state index in [-0.39, 0.29) is 0 Å². The molecule has 0 aliphatic rings. The van der Waals surface area contributed by atoms with Gasteiger partial charge >= 0.3 is 10.2 Å². The van der Waals surface area contributed by atoms with Gasteiger partial charge in [-0.05, 0) is 47.1 Å². The maximum atomic E-state index is 11.9. The Morgan fingerprint density at radius 1 is 1.50 bits per heavy atom. The summed E-state index contributed by atoms with van der Waals surface area (Å²) < 4.78 is 28.2. The van der Waals surface area contributed by atoms with Crippen molar-refractivity contribution in [3.8, 4) is 0 Å². The quantitative estimate of drug-likeness (QED) is 0.819. The smallest absolute Gasteiger partial charge is 0.301 e. The Labute approximate surface area is 121 Å².